The molecule has 0 saturated carbocycles. The predicted octanol–water partition coefficient (Wildman–Crippen LogP) is 6.35. The Morgan fingerprint density at radius 3 is 2.43 bits per heavy atom. The maximum absolute atomic E-state index is 9.63. The molecule has 1 N–H and O–H groups in total. The van der Waals surface area contributed by atoms with Gasteiger partial charge in [0.15, 0.2) is 11.5 Å². The smallest absolute Gasteiger partial charge is 0.162 e. The summed E-state index contributed by atoms with van der Waals surface area (Å²) in [5.41, 5.74) is 2.10. The molecule has 0 aliphatic heterocycles. The van der Waals surface area contributed by atoms with Crippen molar-refractivity contribution in [3.05, 3.63) is 46.1 Å². The second-order valence-electron chi connectivity index (χ2n) is 6.47. The van der Waals surface area contributed by atoms with E-state index in [4.69, 9.17) is 37.4 Å². The summed E-state index contributed by atoms with van der Waals surface area (Å²) in [4.78, 5) is 4.37. The standard InChI is InChI=1S/C22H21Cl2N3O3/c1-4-5-6-30-19-10-18(15(23)8-16(19)24)27-22-13(11-25)12-26-17-9-21(29-3)20(28-2)7-14(17)22/h7-10,12H,4-6H2,1-3H3,(H,26,27). The molecule has 30 heavy (non-hydrogen) atoms. The minimum Gasteiger partial charge on any atom is -0.493 e. The van der Waals surface area contributed by atoms with Crippen LogP contribution >= 0.6 is 23.2 Å². The predicted molar refractivity (Wildman–Crippen MR) is 120 cm³/mol. The Morgan fingerprint density at radius 2 is 1.77 bits per heavy atom. The van der Waals surface area contributed by atoms with Crippen molar-refractivity contribution in [2.45, 2.75) is 19.8 Å². The lowest BCUT2D eigenvalue weighted by molar-refractivity contribution is 0.310. The number of hydrogen-bond donors (Lipinski definition) is 1. The number of ether oxygens (including phenoxy) is 3. The highest BCUT2D eigenvalue weighted by Crippen LogP contribution is 2.40. The lowest BCUT2D eigenvalue weighted by Gasteiger charge is -2.16. The number of aromatic nitrogens is 1. The van der Waals surface area contributed by atoms with E-state index in [0.717, 1.165) is 12.8 Å². The van der Waals surface area contributed by atoms with Gasteiger partial charge in [0.2, 0.25) is 0 Å². The van der Waals surface area contributed by atoms with Crippen LogP contribution in [-0.4, -0.2) is 25.8 Å². The number of anilines is 2. The van der Waals surface area contributed by atoms with E-state index >= 15 is 0 Å². The fourth-order valence-electron chi connectivity index (χ4n) is 2.94. The summed E-state index contributed by atoms with van der Waals surface area (Å²) in [7, 11) is 3.11. The van der Waals surface area contributed by atoms with Gasteiger partial charge in [0.1, 0.15) is 11.8 Å². The van der Waals surface area contributed by atoms with Gasteiger partial charge in [0.05, 0.1) is 53.3 Å². The Hall–Kier alpha value is -2.88. The molecule has 0 fully saturated rings. The molecule has 8 heteroatoms. The van der Waals surface area contributed by atoms with Gasteiger partial charge in [0.25, 0.3) is 0 Å². The second-order valence-corrected chi connectivity index (χ2v) is 7.29. The summed E-state index contributed by atoms with van der Waals surface area (Å²) < 4.78 is 16.5. The van der Waals surface area contributed by atoms with Gasteiger partial charge in [-0.3, -0.25) is 4.98 Å². The number of halogens is 2. The second kappa shape index (κ2) is 9.75. The molecule has 0 amide bonds. The first-order valence-corrected chi connectivity index (χ1v) is 10.1. The van der Waals surface area contributed by atoms with Gasteiger partial charge in [-0.15, -0.1) is 0 Å². The number of pyridine rings is 1. The van der Waals surface area contributed by atoms with E-state index in [2.05, 4.69) is 23.3 Å². The van der Waals surface area contributed by atoms with Crippen LogP contribution in [0.3, 0.4) is 0 Å². The first kappa shape index (κ1) is 21.8. The van der Waals surface area contributed by atoms with Crippen LogP contribution in [-0.2, 0) is 0 Å². The number of fused-ring (bicyclic) bond motifs is 1. The quantitative estimate of drug-likeness (QED) is 0.406. The maximum atomic E-state index is 9.63. The largest absolute Gasteiger partial charge is 0.493 e. The molecule has 1 aromatic heterocycles. The number of nitrogens with one attached hydrogen (secondary N) is 1. The molecule has 6 nitrogen and oxygen atoms in total. The monoisotopic (exact) mass is 445 g/mol. The molecule has 0 aliphatic carbocycles. The molecule has 0 unspecified atom stereocenters. The van der Waals surface area contributed by atoms with E-state index in [1.165, 1.54) is 6.20 Å². The summed E-state index contributed by atoms with van der Waals surface area (Å²) in [5.74, 6) is 1.59. The van der Waals surface area contributed by atoms with Crippen molar-refractivity contribution in [2.75, 3.05) is 26.1 Å². The average Bonchev–Trinajstić information content (AvgIpc) is 2.75. The number of methoxy groups -OCH3 is 2. The van der Waals surface area contributed by atoms with Crippen molar-refractivity contribution in [1.29, 1.82) is 5.26 Å². The fourth-order valence-corrected chi connectivity index (χ4v) is 3.42. The average molecular weight is 446 g/mol. The molecule has 3 aromatic rings. The summed E-state index contributed by atoms with van der Waals surface area (Å²) in [6.07, 6.45) is 3.42. The van der Waals surface area contributed by atoms with Crippen LogP contribution in [0.25, 0.3) is 10.9 Å². The maximum Gasteiger partial charge on any atom is 0.162 e. The first-order valence-electron chi connectivity index (χ1n) is 9.36. The molecule has 0 radical (unpaired) electrons. The summed E-state index contributed by atoms with van der Waals surface area (Å²) >= 11 is 12.7. The van der Waals surface area contributed by atoms with Gasteiger partial charge in [-0.1, -0.05) is 36.5 Å². The molecular formula is C22H21Cl2N3O3. The van der Waals surface area contributed by atoms with Gasteiger partial charge in [0, 0.05) is 23.7 Å². The van der Waals surface area contributed by atoms with Crippen LogP contribution in [0.2, 0.25) is 10.0 Å². The number of nitrogens with zero attached hydrogens (tertiary/aromatic N) is 2. The minimum absolute atomic E-state index is 0.356. The van der Waals surface area contributed by atoms with E-state index in [1.54, 1.807) is 38.5 Å². The number of nitriles is 1. The Morgan fingerprint density at radius 1 is 1.03 bits per heavy atom. The highest BCUT2D eigenvalue weighted by molar-refractivity contribution is 6.37. The zero-order valence-electron chi connectivity index (χ0n) is 16.9. The first-order chi connectivity index (χ1) is 14.5. The van der Waals surface area contributed by atoms with Crippen molar-refractivity contribution in [3.63, 3.8) is 0 Å². The van der Waals surface area contributed by atoms with Crippen LogP contribution < -0.4 is 19.5 Å². The Balaban J connectivity index is 2.10. The van der Waals surface area contributed by atoms with Crippen molar-refractivity contribution in [2.24, 2.45) is 0 Å². The van der Waals surface area contributed by atoms with Crippen LogP contribution in [0.5, 0.6) is 17.2 Å². The van der Waals surface area contributed by atoms with Gasteiger partial charge in [-0.2, -0.15) is 5.26 Å². The molecule has 0 spiro atoms. The number of hydrogen-bond acceptors (Lipinski definition) is 6. The number of unbranched alkanes of at least 4 members (excludes halogenated alkanes) is 1. The van der Waals surface area contributed by atoms with Gasteiger partial charge < -0.3 is 19.5 Å². The Bertz CT molecular complexity index is 1110. The van der Waals surface area contributed by atoms with Crippen molar-refractivity contribution >= 4 is 45.5 Å². The fraction of sp³-hybridized carbons (Fsp3) is 0.273. The normalized spacial score (nSPS) is 10.5. The molecule has 3 rings (SSSR count). The topological polar surface area (TPSA) is 76.4 Å². The minimum atomic E-state index is 0.356. The Kier molecular flexibility index (Phi) is 7.09. The SMILES string of the molecule is CCCCOc1cc(Nc2c(C#N)cnc3cc(OC)c(OC)cc23)c(Cl)cc1Cl. The van der Waals surface area contributed by atoms with Crippen LogP contribution in [0.1, 0.15) is 25.3 Å². The Labute approximate surface area is 185 Å². The highest BCUT2D eigenvalue weighted by atomic mass is 35.5. The van der Waals surface area contributed by atoms with Crippen molar-refractivity contribution in [3.8, 4) is 23.3 Å². The zero-order valence-corrected chi connectivity index (χ0v) is 18.4. The molecule has 2 aromatic carbocycles. The van der Waals surface area contributed by atoms with E-state index in [1.807, 2.05) is 0 Å². The lowest BCUT2D eigenvalue weighted by atomic mass is 10.1. The van der Waals surface area contributed by atoms with Crippen LogP contribution in [0, 0.1) is 11.3 Å². The van der Waals surface area contributed by atoms with E-state index in [-0.39, 0.29) is 0 Å². The molecule has 1 heterocycles. The highest BCUT2D eigenvalue weighted by Gasteiger charge is 2.16. The van der Waals surface area contributed by atoms with E-state index < -0.39 is 0 Å². The molecule has 0 bridgehead atoms. The third-order valence-electron chi connectivity index (χ3n) is 4.53. The van der Waals surface area contributed by atoms with Gasteiger partial charge in [-0.25, -0.2) is 0 Å². The molecule has 156 valence electrons. The van der Waals surface area contributed by atoms with Crippen LogP contribution in [0.15, 0.2) is 30.5 Å². The molecule has 0 atom stereocenters. The summed E-state index contributed by atoms with van der Waals surface area (Å²) in [5, 5.41) is 14.4. The van der Waals surface area contributed by atoms with Crippen LogP contribution in [0.4, 0.5) is 11.4 Å². The third kappa shape index (κ3) is 4.48. The number of rotatable bonds is 8. The van der Waals surface area contributed by atoms with E-state index in [9.17, 15) is 5.26 Å². The summed E-state index contributed by atoms with van der Waals surface area (Å²) in [6, 6.07) is 9.04. The lowest BCUT2D eigenvalue weighted by Crippen LogP contribution is -2.01. The molecular weight excluding hydrogens is 425 g/mol. The molecule has 0 saturated heterocycles. The van der Waals surface area contributed by atoms with Gasteiger partial charge >= 0.3 is 0 Å². The summed E-state index contributed by atoms with van der Waals surface area (Å²) in [6.45, 7) is 2.64. The zero-order chi connectivity index (χ0) is 21.7. The molecule has 0 aliphatic rings. The van der Waals surface area contributed by atoms with Gasteiger partial charge in [-0.05, 0) is 18.6 Å². The van der Waals surface area contributed by atoms with Crippen molar-refractivity contribution in [1.82, 2.24) is 4.98 Å². The van der Waals surface area contributed by atoms with Crippen molar-refractivity contribution < 1.29 is 14.2 Å². The number of benzene rings is 2. The van der Waals surface area contributed by atoms with E-state index in [0.29, 0.717) is 61.7 Å². The third-order valence-corrected chi connectivity index (χ3v) is 5.14.